The van der Waals surface area contributed by atoms with Crippen LogP contribution in [-0.2, 0) is 11.3 Å². The topological polar surface area (TPSA) is 38.1 Å². The molecule has 150 valence electrons. The molecule has 5 heteroatoms. The molecule has 2 aliphatic rings. The number of rotatable bonds is 5. The molecular formula is C23H30FN3O. The highest BCUT2D eigenvalue weighted by Crippen LogP contribution is 2.34. The molecule has 2 aromatic rings. The normalized spacial score (nSPS) is 20.6. The first-order valence-electron chi connectivity index (χ1n) is 10.7. The average Bonchev–Trinajstić information content (AvgIpc) is 3.32. The van der Waals surface area contributed by atoms with Crippen molar-refractivity contribution in [3.05, 3.63) is 53.4 Å². The average molecular weight is 384 g/mol. The fourth-order valence-electron chi connectivity index (χ4n) is 4.81. The number of nitrogens with zero attached hydrogens (tertiary/aromatic N) is 3. The van der Waals surface area contributed by atoms with Gasteiger partial charge in [-0.25, -0.2) is 9.37 Å². The third-order valence-electron chi connectivity index (χ3n) is 6.40. The van der Waals surface area contributed by atoms with Crippen molar-refractivity contribution in [1.29, 1.82) is 0 Å². The number of benzene rings is 1. The lowest BCUT2D eigenvalue weighted by Crippen LogP contribution is -2.33. The van der Waals surface area contributed by atoms with E-state index in [1.807, 2.05) is 25.3 Å². The standard InChI is InChI=1S/C23H30FN3O/c1-17-15-25-23(27(17)16-19-9-11-20(24)12-10-19)21-8-5-13-26(21)22(28)14-18-6-3-2-4-7-18/h9-12,15,18,21H,2-8,13-14,16H2,1H3. The predicted octanol–water partition coefficient (Wildman–Crippen LogP) is 5.01. The lowest BCUT2D eigenvalue weighted by Gasteiger charge is -2.28. The van der Waals surface area contributed by atoms with Crippen molar-refractivity contribution in [2.45, 2.75) is 70.9 Å². The number of aryl methyl sites for hydroxylation is 1. The molecule has 0 N–H and O–H groups in total. The second-order valence-electron chi connectivity index (χ2n) is 8.42. The summed E-state index contributed by atoms with van der Waals surface area (Å²) in [6.45, 7) is 3.53. The SMILES string of the molecule is Cc1cnc(C2CCCN2C(=O)CC2CCCCC2)n1Cc1ccc(F)cc1. The minimum atomic E-state index is -0.221. The highest BCUT2D eigenvalue weighted by atomic mass is 19.1. The van der Waals surface area contributed by atoms with Crippen LogP contribution in [0.15, 0.2) is 30.5 Å². The van der Waals surface area contributed by atoms with E-state index in [4.69, 9.17) is 0 Å². The number of hydrogen-bond donors (Lipinski definition) is 0. The molecule has 1 aliphatic carbocycles. The lowest BCUT2D eigenvalue weighted by atomic mass is 9.86. The number of imidazole rings is 1. The highest BCUT2D eigenvalue weighted by Gasteiger charge is 2.34. The van der Waals surface area contributed by atoms with Gasteiger partial charge in [0.1, 0.15) is 11.6 Å². The van der Waals surface area contributed by atoms with Gasteiger partial charge in [0.2, 0.25) is 5.91 Å². The Labute approximate surface area is 166 Å². The van der Waals surface area contributed by atoms with E-state index in [1.165, 1.54) is 44.2 Å². The van der Waals surface area contributed by atoms with E-state index in [1.54, 1.807) is 0 Å². The Kier molecular flexibility index (Phi) is 5.79. The van der Waals surface area contributed by atoms with E-state index in [0.717, 1.165) is 36.5 Å². The van der Waals surface area contributed by atoms with Crippen molar-refractivity contribution in [1.82, 2.24) is 14.5 Å². The van der Waals surface area contributed by atoms with Crippen molar-refractivity contribution < 1.29 is 9.18 Å². The number of halogens is 1. The Bertz CT molecular complexity index is 808. The van der Waals surface area contributed by atoms with Gasteiger partial charge in [-0.2, -0.15) is 0 Å². The van der Waals surface area contributed by atoms with Crippen molar-refractivity contribution in [3.8, 4) is 0 Å². The summed E-state index contributed by atoms with van der Waals surface area (Å²) in [5, 5.41) is 0. The monoisotopic (exact) mass is 383 g/mol. The first kappa shape index (κ1) is 19.2. The summed E-state index contributed by atoms with van der Waals surface area (Å²) in [7, 11) is 0. The molecule has 1 amide bonds. The van der Waals surface area contributed by atoms with Gasteiger partial charge < -0.3 is 9.47 Å². The van der Waals surface area contributed by atoms with Crippen LogP contribution in [0.5, 0.6) is 0 Å². The van der Waals surface area contributed by atoms with Crippen LogP contribution in [0.3, 0.4) is 0 Å². The number of hydrogen-bond acceptors (Lipinski definition) is 2. The summed E-state index contributed by atoms with van der Waals surface area (Å²) in [5.74, 6) is 1.60. The molecule has 4 nitrogen and oxygen atoms in total. The van der Waals surface area contributed by atoms with Gasteiger partial charge in [0, 0.05) is 31.4 Å². The zero-order valence-corrected chi connectivity index (χ0v) is 16.7. The minimum Gasteiger partial charge on any atom is -0.332 e. The third-order valence-corrected chi connectivity index (χ3v) is 6.40. The van der Waals surface area contributed by atoms with Gasteiger partial charge in [-0.15, -0.1) is 0 Å². The van der Waals surface area contributed by atoms with Gasteiger partial charge in [0.15, 0.2) is 0 Å². The number of aromatic nitrogens is 2. The van der Waals surface area contributed by atoms with Gasteiger partial charge >= 0.3 is 0 Å². The first-order valence-corrected chi connectivity index (χ1v) is 10.7. The van der Waals surface area contributed by atoms with Crippen LogP contribution in [0.25, 0.3) is 0 Å². The van der Waals surface area contributed by atoms with E-state index < -0.39 is 0 Å². The largest absolute Gasteiger partial charge is 0.332 e. The van der Waals surface area contributed by atoms with Crippen molar-refractivity contribution >= 4 is 5.91 Å². The molecule has 1 aromatic heterocycles. The summed E-state index contributed by atoms with van der Waals surface area (Å²) in [5.41, 5.74) is 2.12. The van der Waals surface area contributed by atoms with Gasteiger partial charge in [-0.1, -0.05) is 31.4 Å². The molecule has 4 rings (SSSR count). The van der Waals surface area contributed by atoms with Crippen LogP contribution in [0.1, 0.15) is 74.5 Å². The Balaban J connectivity index is 1.51. The second-order valence-corrected chi connectivity index (χ2v) is 8.42. The van der Waals surface area contributed by atoms with Crippen LogP contribution in [0, 0.1) is 18.7 Å². The maximum atomic E-state index is 13.2. The molecule has 0 radical (unpaired) electrons. The van der Waals surface area contributed by atoms with Crippen LogP contribution in [0.2, 0.25) is 0 Å². The molecule has 1 aromatic carbocycles. The minimum absolute atomic E-state index is 0.0604. The second kappa shape index (κ2) is 8.46. The molecule has 28 heavy (non-hydrogen) atoms. The molecule has 1 atom stereocenters. The van der Waals surface area contributed by atoms with Gasteiger partial charge in [-0.3, -0.25) is 4.79 Å². The van der Waals surface area contributed by atoms with Gasteiger partial charge in [0.25, 0.3) is 0 Å². The maximum absolute atomic E-state index is 13.2. The fraction of sp³-hybridized carbons (Fsp3) is 0.565. The zero-order chi connectivity index (χ0) is 19.5. The van der Waals surface area contributed by atoms with Crippen LogP contribution < -0.4 is 0 Å². The number of likely N-dealkylation sites (tertiary alicyclic amines) is 1. The zero-order valence-electron chi connectivity index (χ0n) is 16.7. The van der Waals surface area contributed by atoms with E-state index in [-0.39, 0.29) is 11.9 Å². The summed E-state index contributed by atoms with van der Waals surface area (Å²) < 4.78 is 15.4. The Morgan fingerprint density at radius 2 is 1.86 bits per heavy atom. The molecule has 2 fully saturated rings. The number of amides is 1. The summed E-state index contributed by atoms with van der Waals surface area (Å²) in [6, 6.07) is 6.69. The van der Waals surface area contributed by atoms with Crippen molar-refractivity contribution in [3.63, 3.8) is 0 Å². The fourth-order valence-corrected chi connectivity index (χ4v) is 4.81. The Morgan fingerprint density at radius 3 is 2.61 bits per heavy atom. The van der Waals surface area contributed by atoms with Gasteiger partial charge in [0.05, 0.1) is 6.04 Å². The van der Waals surface area contributed by atoms with E-state index in [2.05, 4.69) is 14.5 Å². The van der Waals surface area contributed by atoms with E-state index in [9.17, 15) is 9.18 Å². The van der Waals surface area contributed by atoms with Crippen LogP contribution >= 0.6 is 0 Å². The Hall–Kier alpha value is -2.17. The predicted molar refractivity (Wildman–Crippen MR) is 107 cm³/mol. The maximum Gasteiger partial charge on any atom is 0.223 e. The molecule has 1 aliphatic heterocycles. The summed E-state index contributed by atoms with van der Waals surface area (Å²) in [6.07, 6.45) is 10.8. The number of carbonyl (C=O) groups is 1. The molecule has 0 bridgehead atoms. The Morgan fingerprint density at radius 1 is 1.11 bits per heavy atom. The molecule has 1 saturated heterocycles. The quantitative estimate of drug-likeness (QED) is 0.728. The van der Waals surface area contributed by atoms with Crippen molar-refractivity contribution in [2.75, 3.05) is 6.54 Å². The smallest absolute Gasteiger partial charge is 0.223 e. The number of carbonyl (C=O) groups excluding carboxylic acids is 1. The highest BCUT2D eigenvalue weighted by molar-refractivity contribution is 5.77. The molecule has 1 unspecified atom stereocenters. The molecule has 0 spiro atoms. The molecule has 2 heterocycles. The van der Waals surface area contributed by atoms with Gasteiger partial charge in [-0.05, 0) is 56.2 Å². The molecular weight excluding hydrogens is 353 g/mol. The van der Waals surface area contributed by atoms with Crippen LogP contribution in [0.4, 0.5) is 4.39 Å². The lowest BCUT2D eigenvalue weighted by molar-refractivity contribution is -0.133. The van der Waals surface area contributed by atoms with E-state index in [0.29, 0.717) is 24.8 Å². The first-order chi connectivity index (χ1) is 13.6. The summed E-state index contributed by atoms with van der Waals surface area (Å²) >= 11 is 0. The molecule has 1 saturated carbocycles. The van der Waals surface area contributed by atoms with E-state index >= 15 is 0 Å². The summed E-state index contributed by atoms with van der Waals surface area (Å²) in [4.78, 5) is 19.8. The third kappa shape index (κ3) is 4.13. The van der Waals surface area contributed by atoms with Crippen molar-refractivity contribution in [2.24, 2.45) is 5.92 Å². The van der Waals surface area contributed by atoms with Crippen LogP contribution in [-0.4, -0.2) is 26.9 Å².